The lowest BCUT2D eigenvalue weighted by Gasteiger charge is -2.05. The number of pyridine rings is 1. The van der Waals surface area contributed by atoms with E-state index in [-0.39, 0.29) is 6.61 Å². The van der Waals surface area contributed by atoms with Gasteiger partial charge in [-0.1, -0.05) is 18.2 Å². The van der Waals surface area contributed by atoms with Crippen LogP contribution >= 0.6 is 11.3 Å². The van der Waals surface area contributed by atoms with Crippen molar-refractivity contribution in [3.05, 3.63) is 82.1 Å². The number of aromatic nitrogens is 2. The van der Waals surface area contributed by atoms with E-state index in [1.165, 1.54) is 6.08 Å². The van der Waals surface area contributed by atoms with Crippen molar-refractivity contribution in [2.24, 2.45) is 0 Å². The fraction of sp³-hybridized carbons (Fsp3) is 0.150. The molecule has 26 heavy (non-hydrogen) atoms. The highest BCUT2D eigenvalue weighted by Crippen LogP contribution is 2.17. The van der Waals surface area contributed by atoms with E-state index in [2.05, 4.69) is 9.97 Å². The third kappa shape index (κ3) is 5.53. The summed E-state index contributed by atoms with van der Waals surface area (Å²) in [5.41, 5.74) is 2.62. The molecule has 0 saturated carbocycles. The Morgan fingerprint density at radius 1 is 1.23 bits per heavy atom. The maximum atomic E-state index is 11.8. The summed E-state index contributed by atoms with van der Waals surface area (Å²) in [6, 6.07) is 11.2. The van der Waals surface area contributed by atoms with Crippen molar-refractivity contribution in [3.63, 3.8) is 0 Å². The van der Waals surface area contributed by atoms with E-state index in [9.17, 15) is 4.79 Å². The van der Waals surface area contributed by atoms with E-state index in [0.717, 1.165) is 27.6 Å². The minimum absolute atomic E-state index is 0.202. The van der Waals surface area contributed by atoms with Gasteiger partial charge in [-0.15, -0.1) is 11.3 Å². The standard InChI is InChI=1S/C20H18N2O3S/c1-15-22-18(14-26-15)13-24-19-6-2-4-16(10-19)7-8-20(23)25-12-17-5-3-9-21-11-17/h2-11,14H,12-13H2,1H3/b8-7+. The maximum Gasteiger partial charge on any atom is 0.331 e. The van der Waals surface area contributed by atoms with Crippen LogP contribution in [0.4, 0.5) is 0 Å². The summed E-state index contributed by atoms with van der Waals surface area (Å²) in [4.78, 5) is 20.2. The van der Waals surface area contributed by atoms with Crippen LogP contribution in [0.1, 0.15) is 21.8 Å². The van der Waals surface area contributed by atoms with Gasteiger partial charge in [0.1, 0.15) is 19.0 Å². The van der Waals surface area contributed by atoms with Gasteiger partial charge in [-0.3, -0.25) is 4.98 Å². The number of carbonyl (C=O) groups excluding carboxylic acids is 1. The number of thiazole rings is 1. The fourth-order valence-electron chi connectivity index (χ4n) is 2.19. The van der Waals surface area contributed by atoms with Crippen LogP contribution in [0.3, 0.4) is 0 Å². The Balaban J connectivity index is 1.52. The van der Waals surface area contributed by atoms with Crippen LogP contribution in [-0.2, 0) is 22.7 Å². The number of hydrogen-bond donors (Lipinski definition) is 0. The quantitative estimate of drug-likeness (QED) is 0.464. The summed E-state index contributed by atoms with van der Waals surface area (Å²) in [7, 11) is 0. The van der Waals surface area contributed by atoms with Crippen molar-refractivity contribution in [2.45, 2.75) is 20.1 Å². The summed E-state index contributed by atoms with van der Waals surface area (Å²) < 4.78 is 10.9. The van der Waals surface area contributed by atoms with Gasteiger partial charge in [-0.25, -0.2) is 9.78 Å². The van der Waals surface area contributed by atoms with Gasteiger partial charge in [0.25, 0.3) is 0 Å². The Kier molecular flexibility index (Phi) is 6.11. The molecule has 2 aromatic heterocycles. The van der Waals surface area contributed by atoms with Gasteiger partial charge in [0.2, 0.25) is 0 Å². The number of aryl methyl sites for hydroxylation is 1. The average Bonchev–Trinajstić information content (AvgIpc) is 3.09. The molecule has 3 rings (SSSR count). The number of esters is 1. The first-order chi connectivity index (χ1) is 12.7. The first kappa shape index (κ1) is 17.8. The van der Waals surface area contributed by atoms with Crippen LogP contribution in [-0.4, -0.2) is 15.9 Å². The Morgan fingerprint density at radius 3 is 2.92 bits per heavy atom. The van der Waals surface area contributed by atoms with Crippen LogP contribution in [0, 0.1) is 6.92 Å². The summed E-state index contributed by atoms with van der Waals surface area (Å²) in [6.45, 7) is 2.59. The summed E-state index contributed by atoms with van der Waals surface area (Å²) in [5, 5.41) is 3.00. The minimum Gasteiger partial charge on any atom is -0.487 e. The molecule has 0 spiro atoms. The van der Waals surface area contributed by atoms with E-state index in [1.807, 2.05) is 42.6 Å². The second-order valence-corrected chi connectivity index (χ2v) is 6.58. The zero-order valence-electron chi connectivity index (χ0n) is 14.3. The van der Waals surface area contributed by atoms with Crippen molar-refractivity contribution in [1.29, 1.82) is 0 Å². The third-order valence-corrected chi connectivity index (χ3v) is 4.25. The summed E-state index contributed by atoms with van der Waals surface area (Å²) in [5.74, 6) is 0.319. The minimum atomic E-state index is -0.405. The molecule has 0 aliphatic heterocycles. The second-order valence-electron chi connectivity index (χ2n) is 5.52. The molecule has 0 N–H and O–H groups in total. The largest absolute Gasteiger partial charge is 0.487 e. The molecule has 0 bridgehead atoms. The molecule has 0 aliphatic carbocycles. The number of hydrogen-bond acceptors (Lipinski definition) is 6. The Bertz CT molecular complexity index is 891. The van der Waals surface area contributed by atoms with Gasteiger partial charge in [0, 0.05) is 29.4 Å². The molecule has 0 aliphatic rings. The molecule has 2 heterocycles. The molecular weight excluding hydrogens is 348 g/mol. The molecule has 0 atom stereocenters. The predicted octanol–water partition coefficient (Wildman–Crippen LogP) is 4.18. The number of ether oxygens (including phenoxy) is 2. The van der Waals surface area contributed by atoms with Gasteiger partial charge in [0.15, 0.2) is 0 Å². The molecule has 0 amide bonds. The fourth-order valence-corrected chi connectivity index (χ4v) is 2.79. The van der Waals surface area contributed by atoms with Crippen molar-refractivity contribution in [2.75, 3.05) is 0 Å². The van der Waals surface area contributed by atoms with Crippen LogP contribution in [0.5, 0.6) is 5.75 Å². The lowest BCUT2D eigenvalue weighted by molar-refractivity contribution is -0.138. The van der Waals surface area contributed by atoms with Gasteiger partial charge in [0.05, 0.1) is 10.7 Å². The Labute approximate surface area is 156 Å². The van der Waals surface area contributed by atoms with E-state index in [1.54, 1.807) is 35.9 Å². The van der Waals surface area contributed by atoms with Gasteiger partial charge in [-0.05, 0) is 36.8 Å². The number of nitrogens with zero attached hydrogens (tertiary/aromatic N) is 2. The Hall–Kier alpha value is -2.99. The smallest absolute Gasteiger partial charge is 0.331 e. The third-order valence-electron chi connectivity index (χ3n) is 3.43. The molecule has 0 unspecified atom stereocenters. The van der Waals surface area contributed by atoms with E-state index in [0.29, 0.717) is 6.61 Å². The zero-order valence-corrected chi connectivity index (χ0v) is 15.1. The number of carbonyl (C=O) groups is 1. The van der Waals surface area contributed by atoms with Gasteiger partial charge >= 0.3 is 5.97 Å². The molecule has 0 fully saturated rings. The van der Waals surface area contributed by atoms with Crippen LogP contribution in [0.2, 0.25) is 0 Å². The lowest BCUT2D eigenvalue weighted by atomic mass is 10.2. The zero-order chi connectivity index (χ0) is 18.2. The highest BCUT2D eigenvalue weighted by molar-refractivity contribution is 7.09. The predicted molar refractivity (Wildman–Crippen MR) is 101 cm³/mol. The van der Waals surface area contributed by atoms with Crippen molar-refractivity contribution in [1.82, 2.24) is 9.97 Å². The Morgan fingerprint density at radius 2 is 2.15 bits per heavy atom. The topological polar surface area (TPSA) is 61.3 Å². The number of rotatable bonds is 7. The van der Waals surface area contributed by atoms with Crippen LogP contribution < -0.4 is 4.74 Å². The SMILES string of the molecule is Cc1nc(COc2cccc(/C=C/C(=O)OCc3cccnc3)c2)cs1. The first-order valence-electron chi connectivity index (χ1n) is 8.07. The first-order valence-corrected chi connectivity index (χ1v) is 8.94. The molecule has 132 valence electrons. The van der Waals surface area contributed by atoms with Crippen molar-refractivity contribution in [3.8, 4) is 5.75 Å². The van der Waals surface area contributed by atoms with Crippen LogP contribution in [0.15, 0.2) is 60.2 Å². The molecular formula is C20H18N2O3S. The molecule has 1 aromatic carbocycles. The highest BCUT2D eigenvalue weighted by Gasteiger charge is 2.02. The maximum absolute atomic E-state index is 11.8. The molecule has 0 saturated heterocycles. The van der Waals surface area contributed by atoms with Crippen molar-refractivity contribution >= 4 is 23.4 Å². The lowest BCUT2D eigenvalue weighted by Crippen LogP contribution is -2.00. The normalized spacial score (nSPS) is 10.8. The number of benzene rings is 1. The molecule has 0 radical (unpaired) electrons. The summed E-state index contributed by atoms with van der Waals surface area (Å²) >= 11 is 1.60. The van der Waals surface area contributed by atoms with Crippen molar-refractivity contribution < 1.29 is 14.3 Å². The van der Waals surface area contributed by atoms with E-state index < -0.39 is 5.97 Å². The second kappa shape index (κ2) is 8.92. The van der Waals surface area contributed by atoms with Gasteiger partial charge in [-0.2, -0.15) is 0 Å². The monoisotopic (exact) mass is 366 g/mol. The summed E-state index contributed by atoms with van der Waals surface area (Å²) in [6.07, 6.45) is 6.45. The molecule has 6 heteroatoms. The molecule has 3 aromatic rings. The highest BCUT2D eigenvalue weighted by atomic mass is 32.1. The molecule has 5 nitrogen and oxygen atoms in total. The van der Waals surface area contributed by atoms with Gasteiger partial charge < -0.3 is 9.47 Å². The van der Waals surface area contributed by atoms with E-state index in [4.69, 9.17) is 9.47 Å². The van der Waals surface area contributed by atoms with E-state index >= 15 is 0 Å². The van der Waals surface area contributed by atoms with Crippen LogP contribution in [0.25, 0.3) is 6.08 Å². The average molecular weight is 366 g/mol.